The van der Waals surface area contributed by atoms with Crippen LogP contribution in [0, 0.1) is 0 Å². The van der Waals surface area contributed by atoms with Crippen molar-refractivity contribution in [1.29, 1.82) is 0 Å². The Morgan fingerprint density at radius 1 is 1.21 bits per heavy atom. The Balaban J connectivity index is 1.61. The maximum atomic E-state index is 12.9. The number of nitrogens with zero attached hydrogens (tertiary/aromatic N) is 2. The molecule has 0 spiro atoms. The van der Waals surface area contributed by atoms with Crippen LogP contribution in [0.4, 0.5) is 10.5 Å². The second-order valence-corrected chi connectivity index (χ2v) is 8.14. The molecule has 1 fully saturated rings. The van der Waals surface area contributed by atoms with Crippen LogP contribution in [-0.4, -0.2) is 54.4 Å². The van der Waals surface area contributed by atoms with Gasteiger partial charge in [0.25, 0.3) is 0 Å². The number of methoxy groups -OCH3 is 1. The fourth-order valence-corrected chi connectivity index (χ4v) is 4.66. The fraction of sp³-hybridized carbons (Fsp3) is 0.435. The number of likely N-dealkylation sites (tertiary alicyclic amines) is 1. The third-order valence-corrected chi connectivity index (χ3v) is 6.01. The fourth-order valence-electron chi connectivity index (χ4n) is 4.66. The van der Waals surface area contributed by atoms with E-state index in [1.165, 1.54) is 5.56 Å². The van der Waals surface area contributed by atoms with Gasteiger partial charge in [-0.05, 0) is 43.2 Å². The number of carbonyl (C=O) groups is 1. The van der Waals surface area contributed by atoms with Crippen molar-refractivity contribution >= 4 is 11.7 Å². The molecule has 2 aliphatic rings. The van der Waals surface area contributed by atoms with Crippen molar-refractivity contribution < 1.29 is 14.6 Å². The number of para-hydroxylation sites is 1. The average molecular weight is 396 g/mol. The maximum Gasteiger partial charge on any atom is 0.322 e. The van der Waals surface area contributed by atoms with Gasteiger partial charge in [-0.25, -0.2) is 4.79 Å². The van der Waals surface area contributed by atoms with E-state index in [1.54, 1.807) is 7.11 Å². The van der Waals surface area contributed by atoms with E-state index in [2.05, 4.69) is 28.4 Å². The summed E-state index contributed by atoms with van der Waals surface area (Å²) in [5, 5.41) is 13.1. The molecule has 29 heavy (non-hydrogen) atoms. The van der Waals surface area contributed by atoms with Crippen molar-refractivity contribution in [3.05, 3.63) is 59.7 Å². The molecule has 0 unspecified atom stereocenters. The van der Waals surface area contributed by atoms with Crippen molar-refractivity contribution in [1.82, 2.24) is 10.2 Å². The molecule has 6 nitrogen and oxygen atoms in total. The zero-order valence-corrected chi connectivity index (χ0v) is 17.2. The van der Waals surface area contributed by atoms with E-state index in [4.69, 9.17) is 4.74 Å². The van der Waals surface area contributed by atoms with E-state index in [0.29, 0.717) is 6.54 Å². The minimum atomic E-state index is -0.0669. The Bertz CT molecular complexity index is 868. The predicted octanol–water partition coefficient (Wildman–Crippen LogP) is 2.96. The summed E-state index contributed by atoms with van der Waals surface area (Å²) in [4.78, 5) is 17.0. The van der Waals surface area contributed by atoms with Gasteiger partial charge in [0.05, 0.1) is 13.7 Å². The summed E-state index contributed by atoms with van der Waals surface area (Å²) in [6.45, 7) is 5.39. The molecule has 154 valence electrons. The molecule has 3 atom stereocenters. The van der Waals surface area contributed by atoms with Crippen LogP contribution in [0.5, 0.6) is 5.75 Å². The first-order chi connectivity index (χ1) is 14.0. The van der Waals surface area contributed by atoms with E-state index in [9.17, 15) is 9.90 Å². The Morgan fingerprint density at radius 2 is 1.93 bits per heavy atom. The quantitative estimate of drug-likeness (QED) is 0.817. The first kappa shape index (κ1) is 19.7. The number of ether oxygens (including phenoxy) is 1. The summed E-state index contributed by atoms with van der Waals surface area (Å²) >= 11 is 0. The molecule has 0 saturated carbocycles. The highest BCUT2D eigenvalue weighted by molar-refractivity contribution is 5.94. The predicted molar refractivity (Wildman–Crippen MR) is 113 cm³/mol. The molecular formula is C23H29N3O3. The summed E-state index contributed by atoms with van der Waals surface area (Å²) in [7, 11) is 1.66. The van der Waals surface area contributed by atoms with E-state index >= 15 is 0 Å². The van der Waals surface area contributed by atoms with Crippen molar-refractivity contribution in [3.8, 4) is 5.75 Å². The minimum absolute atomic E-state index is 0.0542. The summed E-state index contributed by atoms with van der Waals surface area (Å²) in [6, 6.07) is 16.4. The largest absolute Gasteiger partial charge is 0.497 e. The molecule has 1 saturated heterocycles. The number of anilines is 1. The number of carbonyl (C=O) groups excluding carboxylic acids is 1. The van der Waals surface area contributed by atoms with Crippen molar-refractivity contribution in [2.24, 2.45) is 0 Å². The van der Waals surface area contributed by atoms with Gasteiger partial charge in [-0.1, -0.05) is 30.3 Å². The summed E-state index contributed by atoms with van der Waals surface area (Å²) in [5.74, 6) is 1.06. The number of aliphatic hydroxyl groups is 1. The third kappa shape index (κ3) is 3.58. The number of benzene rings is 2. The highest BCUT2D eigenvalue weighted by atomic mass is 16.5. The molecular weight excluding hydrogens is 366 g/mol. The number of hydrogen-bond acceptors (Lipinski definition) is 4. The molecule has 0 aliphatic carbocycles. The number of fused-ring (bicyclic) bond motifs is 3. The lowest BCUT2D eigenvalue weighted by Gasteiger charge is -2.59. The summed E-state index contributed by atoms with van der Waals surface area (Å²) in [6.07, 6.45) is 0. The molecule has 0 aromatic heterocycles. The highest BCUT2D eigenvalue weighted by Gasteiger charge is 2.53. The van der Waals surface area contributed by atoms with Gasteiger partial charge in [-0.3, -0.25) is 9.80 Å². The van der Waals surface area contributed by atoms with Crippen molar-refractivity contribution in [3.63, 3.8) is 0 Å². The van der Waals surface area contributed by atoms with Crippen LogP contribution >= 0.6 is 0 Å². The van der Waals surface area contributed by atoms with Crippen LogP contribution in [0.2, 0.25) is 0 Å². The van der Waals surface area contributed by atoms with Crippen LogP contribution < -0.4 is 15.0 Å². The minimum Gasteiger partial charge on any atom is -0.497 e. The lowest BCUT2D eigenvalue weighted by Crippen LogP contribution is -2.69. The number of amides is 2. The molecule has 2 aromatic rings. The van der Waals surface area contributed by atoms with Gasteiger partial charge in [-0.2, -0.15) is 0 Å². The lowest BCUT2D eigenvalue weighted by molar-refractivity contribution is -0.0485. The van der Waals surface area contributed by atoms with Gasteiger partial charge in [0.15, 0.2) is 0 Å². The number of hydrogen-bond donors (Lipinski definition) is 2. The highest BCUT2D eigenvalue weighted by Crippen LogP contribution is 2.48. The van der Waals surface area contributed by atoms with Crippen LogP contribution in [0.1, 0.15) is 30.9 Å². The Morgan fingerprint density at radius 3 is 2.59 bits per heavy atom. The summed E-state index contributed by atoms with van der Waals surface area (Å²) < 4.78 is 5.25. The normalized spacial score (nSPS) is 23.2. The van der Waals surface area contributed by atoms with Gasteiger partial charge in [0, 0.05) is 42.8 Å². The average Bonchev–Trinajstić information content (AvgIpc) is 2.71. The maximum absolute atomic E-state index is 12.9. The molecule has 2 N–H and O–H groups in total. The monoisotopic (exact) mass is 395 g/mol. The van der Waals surface area contributed by atoms with Crippen LogP contribution in [0.25, 0.3) is 0 Å². The zero-order chi connectivity index (χ0) is 20.5. The number of urea groups is 1. The van der Waals surface area contributed by atoms with E-state index in [0.717, 1.165) is 23.5 Å². The molecule has 2 amide bonds. The van der Waals surface area contributed by atoms with Crippen molar-refractivity contribution in [2.45, 2.75) is 44.4 Å². The van der Waals surface area contributed by atoms with Gasteiger partial charge in [-0.15, -0.1) is 0 Å². The summed E-state index contributed by atoms with van der Waals surface area (Å²) in [5.41, 5.74) is 3.27. The first-order valence-electron chi connectivity index (χ1n) is 10.2. The second-order valence-electron chi connectivity index (χ2n) is 8.14. The van der Waals surface area contributed by atoms with Crippen LogP contribution in [0.15, 0.2) is 48.5 Å². The van der Waals surface area contributed by atoms with Gasteiger partial charge in [0.2, 0.25) is 0 Å². The van der Waals surface area contributed by atoms with Crippen molar-refractivity contribution in [2.75, 3.05) is 25.2 Å². The van der Waals surface area contributed by atoms with Crippen LogP contribution in [-0.2, 0) is 6.54 Å². The Kier molecular flexibility index (Phi) is 5.48. The Hall–Kier alpha value is -2.57. The van der Waals surface area contributed by atoms with Gasteiger partial charge in [0.1, 0.15) is 5.75 Å². The standard InChI is InChI=1S/C23H29N3O3/c1-15(2)24-23(28)26-13-20-22(18-6-4-5-7-19(18)26)21(14-27)25(20)12-16-8-10-17(29-3)11-9-16/h4-11,15,20-22,27H,12-14H2,1-3H3,(H,24,28)/t20-,21+,22+/m0/s1. The van der Waals surface area contributed by atoms with Crippen LogP contribution in [0.3, 0.4) is 0 Å². The molecule has 0 radical (unpaired) electrons. The van der Waals surface area contributed by atoms with Gasteiger partial charge >= 0.3 is 6.03 Å². The third-order valence-electron chi connectivity index (χ3n) is 6.01. The Labute approximate surface area is 172 Å². The number of rotatable bonds is 5. The SMILES string of the molecule is COc1ccc(CN2[C@H](CO)[C@@H]3c4ccccc4N(C(=O)NC(C)C)C[C@@H]32)cc1. The van der Waals surface area contributed by atoms with E-state index in [-0.39, 0.29) is 36.7 Å². The topological polar surface area (TPSA) is 65.0 Å². The smallest absolute Gasteiger partial charge is 0.322 e. The van der Waals surface area contributed by atoms with Gasteiger partial charge < -0.3 is 15.2 Å². The number of aliphatic hydroxyl groups excluding tert-OH is 1. The molecule has 4 rings (SSSR count). The molecule has 6 heteroatoms. The lowest BCUT2D eigenvalue weighted by atomic mass is 9.72. The van der Waals surface area contributed by atoms with E-state index in [1.807, 2.05) is 49.1 Å². The molecule has 0 bridgehead atoms. The second kappa shape index (κ2) is 8.05. The first-order valence-corrected chi connectivity index (χ1v) is 10.2. The molecule has 2 heterocycles. The molecule has 2 aromatic carbocycles. The van der Waals surface area contributed by atoms with E-state index < -0.39 is 0 Å². The molecule has 2 aliphatic heterocycles. The number of nitrogens with one attached hydrogen (secondary N) is 1. The zero-order valence-electron chi connectivity index (χ0n) is 17.2.